The van der Waals surface area contributed by atoms with Crippen molar-refractivity contribution in [2.24, 2.45) is 0 Å². The molecule has 1 N–H and O–H groups in total. The fourth-order valence-electron chi connectivity index (χ4n) is 5.30. The molecule has 2 aliphatic heterocycles. The Morgan fingerprint density at radius 3 is 2.33 bits per heavy atom. The number of urea groups is 1. The van der Waals surface area contributed by atoms with Gasteiger partial charge in [0.25, 0.3) is 5.91 Å². The number of likely N-dealkylation sites (N-methyl/N-ethyl adjacent to an activating group) is 1. The summed E-state index contributed by atoms with van der Waals surface area (Å²) in [6.45, 7) is 11.2. The first-order valence-corrected chi connectivity index (χ1v) is 14.1. The third-order valence-electron chi connectivity index (χ3n) is 7.53. The molecule has 2 aliphatic rings. The molecule has 0 bridgehead atoms. The monoisotopic (exact) mass is 550 g/mol. The molecule has 2 aromatic carbocycles. The smallest absolute Gasteiger partial charge is 0.338 e. The molecule has 0 spiro atoms. The number of rotatable bonds is 8. The highest BCUT2D eigenvalue weighted by Gasteiger charge is 2.38. The van der Waals surface area contributed by atoms with Crippen LogP contribution in [0.25, 0.3) is 0 Å². The lowest BCUT2D eigenvalue weighted by molar-refractivity contribution is -0.139. The van der Waals surface area contributed by atoms with E-state index in [1.807, 2.05) is 31.2 Å². The quantitative estimate of drug-likeness (QED) is 0.482. The molecule has 40 heavy (non-hydrogen) atoms. The van der Waals surface area contributed by atoms with Gasteiger partial charge in [-0.1, -0.05) is 38.1 Å². The first kappa shape index (κ1) is 29.3. The third-order valence-corrected chi connectivity index (χ3v) is 7.53. The standard InChI is InChI=1S/C31H39FN4O4/c1-5-36-26(20-34-16-7-17-35(19-18-34)29(37)24-12-14-25(32)15-13-24)27(30(38)40-6-2)28(33-31(36)39)23-10-8-22(9-11-23)21(3)4/h8-15,21,28H,5-7,16-20H2,1-4H3,(H,33,39). The molecule has 0 radical (unpaired) electrons. The molecule has 2 aromatic rings. The van der Waals surface area contributed by atoms with Gasteiger partial charge in [0.05, 0.1) is 18.2 Å². The second-order valence-electron chi connectivity index (χ2n) is 10.5. The zero-order valence-corrected chi connectivity index (χ0v) is 23.8. The summed E-state index contributed by atoms with van der Waals surface area (Å²) in [4.78, 5) is 45.3. The van der Waals surface area contributed by atoms with E-state index in [1.54, 1.807) is 16.7 Å². The van der Waals surface area contributed by atoms with Gasteiger partial charge >= 0.3 is 12.0 Å². The minimum atomic E-state index is -0.630. The highest BCUT2D eigenvalue weighted by Crippen LogP contribution is 2.33. The summed E-state index contributed by atoms with van der Waals surface area (Å²) in [6, 6.07) is 12.7. The Balaban J connectivity index is 1.62. The highest BCUT2D eigenvalue weighted by atomic mass is 19.1. The highest BCUT2D eigenvalue weighted by molar-refractivity contribution is 5.95. The lowest BCUT2D eigenvalue weighted by Crippen LogP contribution is -2.51. The zero-order valence-electron chi connectivity index (χ0n) is 23.8. The maximum Gasteiger partial charge on any atom is 0.338 e. The average Bonchev–Trinajstić information content (AvgIpc) is 3.18. The Hall–Kier alpha value is -3.72. The van der Waals surface area contributed by atoms with Crippen molar-refractivity contribution in [1.29, 1.82) is 0 Å². The van der Waals surface area contributed by atoms with Crippen LogP contribution in [-0.4, -0.2) is 78.5 Å². The van der Waals surface area contributed by atoms with Gasteiger partial charge in [-0.2, -0.15) is 0 Å². The molecule has 4 rings (SSSR count). The zero-order chi connectivity index (χ0) is 28.8. The van der Waals surface area contributed by atoms with Crippen LogP contribution in [0.15, 0.2) is 59.8 Å². The van der Waals surface area contributed by atoms with Crippen molar-refractivity contribution in [3.8, 4) is 0 Å². The fourth-order valence-corrected chi connectivity index (χ4v) is 5.30. The molecule has 1 unspecified atom stereocenters. The van der Waals surface area contributed by atoms with E-state index in [0.29, 0.717) is 62.0 Å². The predicted octanol–water partition coefficient (Wildman–Crippen LogP) is 4.70. The predicted molar refractivity (Wildman–Crippen MR) is 151 cm³/mol. The van der Waals surface area contributed by atoms with Gasteiger partial charge in [0.2, 0.25) is 0 Å². The van der Waals surface area contributed by atoms with Crippen molar-refractivity contribution in [3.63, 3.8) is 0 Å². The molecule has 1 fully saturated rings. The second-order valence-corrected chi connectivity index (χ2v) is 10.5. The van der Waals surface area contributed by atoms with Crippen LogP contribution < -0.4 is 5.32 Å². The molecule has 3 amide bonds. The largest absolute Gasteiger partial charge is 0.463 e. The summed E-state index contributed by atoms with van der Waals surface area (Å²) in [5.74, 6) is -0.601. The van der Waals surface area contributed by atoms with Gasteiger partial charge in [-0.15, -0.1) is 0 Å². The summed E-state index contributed by atoms with van der Waals surface area (Å²) >= 11 is 0. The number of halogens is 1. The second kappa shape index (κ2) is 13.1. The van der Waals surface area contributed by atoms with Crippen molar-refractivity contribution < 1.29 is 23.5 Å². The van der Waals surface area contributed by atoms with Crippen LogP contribution in [0.2, 0.25) is 0 Å². The van der Waals surface area contributed by atoms with Gasteiger partial charge in [-0.05, 0) is 61.6 Å². The van der Waals surface area contributed by atoms with Crippen molar-refractivity contribution in [3.05, 3.63) is 82.3 Å². The van der Waals surface area contributed by atoms with Crippen LogP contribution in [0, 0.1) is 5.82 Å². The van der Waals surface area contributed by atoms with Crippen LogP contribution in [0.4, 0.5) is 9.18 Å². The molecule has 1 atom stereocenters. The number of nitrogens with zero attached hydrogens (tertiary/aromatic N) is 3. The van der Waals surface area contributed by atoms with E-state index in [-0.39, 0.29) is 24.4 Å². The maximum absolute atomic E-state index is 13.4. The lowest BCUT2D eigenvalue weighted by Gasteiger charge is -2.38. The van der Waals surface area contributed by atoms with Gasteiger partial charge in [0.1, 0.15) is 5.82 Å². The normalized spacial score (nSPS) is 18.6. The van der Waals surface area contributed by atoms with E-state index < -0.39 is 12.0 Å². The molecule has 8 nitrogen and oxygen atoms in total. The number of ether oxygens (including phenoxy) is 1. The summed E-state index contributed by atoms with van der Waals surface area (Å²) in [5.41, 5.74) is 3.51. The van der Waals surface area contributed by atoms with Crippen molar-refractivity contribution >= 4 is 17.9 Å². The molecular formula is C31H39FN4O4. The molecule has 1 saturated heterocycles. The lowest BCUT2D eigenvalue weighted by atomic mass is 9.92. The number of amides is 3. The Bertz CT molecular complexity index is 1240. The van der Waals surface area contributed by atoms with Crippen LogP contribution in [0.3, 0.4) is 0 Å². The summed E-state index contributed by atoms with van der Waals surface area (Å²) in [6.07, 6.45) is 0.730. The number of hydrogen-bond donors (Lipinski definition) is 1. The van der Waals surface area contributed by atoms with Gasteiger partial charge in [0, 0.05) is 50.5 Å². The molecule has 0 saturated carbocycles. The number of hydrogen-bond acceptors (Lipinski definition) is 5. The third kappa shape index (κ3) is 6.53. The number of esters is 1. The summed E-state index contributed by atoms with van der Waals surface area (Å²) < 4.78 is 18.8. The minimum Gasteiger partial charge on any atom is -0.463 e. The van der Waals surface area contributed by atoms with Gasteiger partial charge in [0.15, 0.2) is 0 Å². The van der Waals surface area contributed by atoms with Gasteiger partial charge < -0.3 is 15.0 Å². The first-order valence-electron chi connectivity index (χ1n) is 14.1. The van der Waals surface area contributed by atoms with E-state index in [4.69, 9.17) is 4.74 Å². The van der Waals surface area contributed by atoms with E-state index in [9.17, 15) is 18.8 Å². The van der Waals surface area contributed by atoms with E-state index in [0.717, 1.165) is 12.0 Å². The molecule has 214 valence electrons. The molecule has 2 heterocycles. The Morgan fingerprint density at radius 2 is 1.70 bits per heavy atom. The fraction of sp³-hybridized carbons (Fsp3) is 0.452. The molecule has 0 aromatic heterocycles. The van der Waals surface area contributed by atoms with Crippen molar-refractivity contribution in [1.82, 2.24) is 20.0 Å². The van der Waals surface area contributed by atoms with E-state index >= 15 is 0 Å². The first-order chi connectivity index (χ1) is 19.2. The summed E-state index contributed by atoms with van der Waals surface area (Å²) in [5, 5.41) is 3.03. The number of benzene rings is 2. The van der Waals surface area contributed by atoms with Gasteiger partial charge in [-0.25, -0.2) is 14.0 Å². The van der Waals surface area contributed by atoms with E-state index in [2.05, 4.69) is 24.1 Å². The Morgan fingerprint density at radius 1 is 1.00 bits per heavy atom. The number of carbonyl (C=O) groups excluding carboxylic acids is 3. The average molecular weight is 551 g/mol. The van der Waals surface area contributed by atoms with E-state index in [1.165, 1.54) is 29.8 Å². The van der Waals surface area contributed by atoms with Gasteiger partial charge in [-0.3, -0.25) is 14.6 Å². The number of carbonyl (C=O) groups is 3. The van der Waals surface area contributed by atoms with Crippen LogP contribution >= 0.6 is 0 Å². The topological polar surface area (TPSA) is 82.2 Å². The SMILES string of the molecule is CCOC(=O)C1=C(CN2CCCN(C(=O)c3ccc(F)cc3)CC2)N(CC)C(=O)NC1c1ccc(C(C)C)cc1. The maximum atomic E-state index is 13.4. The minimum absolute atomic E-state index is 0.134. The molecule has 0 aliphatic carbocycles. The molecular weight excluding hydrogens is 511 g/mol. The van der Waals surface area contributed by atoms with Crippen molar-refractivity contribution in [2.45, 2.75) is 46.1 Å². The number of nitrogens with one attached hydrogen (secondary N) is 1. The van der Waals surface area contributed by atoms with Crippen LogP contribution in [0.5, 0.6) is 0 Å². The Kier molecular flexibility index (Phi) is 9.58. The van der Waals surface area contributed by atoms with Crippen molar-refractivity contribution in [2.75, 3.05) is 45.9 Å². The van der Waals surface area contributed by atoms with Crippen LogP contribution in [-0.2, 0) is 9.53 Å². The molecule has 9 heteroatoms. The van der Waals surface area contributed by atoms with Crippen LogP contribution in [0.1, 0.15) is 67.6 Å². The Labute approximate surface area is 235 Å². The summed E-state index contributed by atoms with van der Waals surface area (Å²) in [7, 11) is 0.